The summed E-state index contributed by atoms with van der Waals surface area (Å²) in [6.07, 6.45) is 1.65. The van der Waals surface area contributed by atoms with Crippen molar-refractivity contribution >= 4 is 17.5 Å². The molecule has 23 heavy (non-hydrogen) atoms. The Bertz CT molecular complexity index is 666. The van der Waals surface area contributed by atoms with Crippen LogP contribution in [0, 0.1) is 0 Å². The van der Waals surface area contributed by atoms with Crippen molar-refractivity contribution in [3.05, 3.63) is 72.8 Å². The first-order valence-electron chi connectivity index (χ1n) is 7.16. The predicted molar refractivity (Wildman–Crippen MR) is 89.1 cm³/mol. The van der Waals surface area contributed by atoms with Crippen LogP contribution in [-0.4, -0.2) is 18.4 Å². The third kappa shape index (κ3) is 5.32. The quantitative estimate of drug-likeness (QED) is 0.636. The van der Waals surface area contributed by atoms with Gasteiger partial charge in [-0.1, -0.05) is 43.0 Å². The number of hydrogen-bond acceptors (Lipinski definition) is 3. The fourth-order valence-electron chi connectivity index (χ4n) is 1.84. The zero-order valence-electron chi connectivity index (χ0n) is 12.6. The van der Waals surface area contributed by atoms with Gasteiger partial charge in [0.1, 0.15) is 12.4 Å². The number of anilines is 1. The Morgan fingerprint density at radius 1 is 1.00 bits per heavy atom. The van der Waals surface area contributed by atoms with Gasteiger partial charge in [-0.05, 0) is 29.8 Å². The summed E-state index contributed by atoms with van der Waals surface area (Å²) in [7, 11) is 0. The Balaban J connectivity index is 1.83. The molecule has 0 fully saturated rings. The van der Waals surface area contributed by atoms with Crippen LogP contribution in [0.3, 0.4) is 0 Å². The van der Waals surface area contributed by atoms with Crippen molar-refractivity contribution in [2.45, 2.75) is 6.54 Å². The number of ether oxygens (including phenoxy) is 1. The van der Waals surface area contributed by atoms with Crippen LogP contribution >= 0.6 is 0 Å². The fraction of sp³-hybridized carbons (Fsp3) is 0.111. The normalized spacial score (nSPS) is 9.74. The average Bonchev–Trinajstić information content (AvgIpc) is 2.60. The molecule has 2 aromatic carbocycles. The first-order valence-corrected chi connectivity index (χ1v) is 7.16. The molecule has 0 spiro atoms. The Morgan fingerprint density at radius 3 is 2.35 bits per heavy atom. The van der Waals surface area contributed by atoms with E-state index in [9.17, 15) is 9.59 Å². The maximum atomic E-state index is 11.8. The summed E-state index contributed by atoms with van der Waals surface area (Å²) in [6.45, 7) is 4.28. The predicted octanol–water partition coefficient (Wildman–Crippen LogP) is 2.51. The van der Waals surface area contributed by atoms with E-state index >= 15 is 0 Å². The van der Waals surface area contributed by atoms with E-state index in [1.807, 2.05) is 30.3 Å². The van der Waals surface area contributed by atoms with Gasteiger partial charge in [-0.25, -0.2) is 0 Å². The van der Waals surface area contributed by atoms with Crippen molar-refractivity contribution in [1.82, 2.24) is 5.32 Å². The number of hydrogen-bond donors (Lipinski definition) is 2. The topological polar surface area (TPSA) is 67.4 Å². The Labute approximate surface area is 135 Å². The lowest BCUT2D eigenvalue weighted by Crippen LogP contribution is -2.34. The maximum absolute atomic E-state index is 11.8. The summed E-state index contributed by atoms with van der Waals surface area (Å²) in [6, 6.07) is 16.1. The average molecular weight is 310 g/mol. The highest BCUT2D eigenvalue weighted by Gasteiger charge is 2.13. The van der Waals surface area contributed by atoms with Gasteiger partial charge >= 0.3 is 11.8 Å². The number of benzene rings is 2. The molecule has 2 N–H and O–H groups in total. The van der Waals surface area contributed by atoms with Crippen LogP contribution in [0.5, 0.6) is 5.75 Å². The van der Waals surface area contributed by atoms with Crippen LogP contribution in [0.2, 0.25) is 0 Å². The van der Waals surface area contributed by atoms with E-state index in [1.54, 1.807) is 30.3 Å². The zero-order valence-corrected chi connectivity index (χ0v) is 12.6. The van der Waals surface area contributed by atoms with Gasteiger partial charge in [0, 0.05) is 12.2 Å². The number of carbonyl (C=O) groups is 2. The molecule has 0 bridgehead atoms. The van der Waals surface area contributed by atoms with Crippen molar-refractivity contribution in [3.63, 3.8) is 0 Å². The summed E-state index contributed by atoms with van der Waals surface area (Å²) in [5.41, 5.74) is 1.45. The molecule has 0 saturated heterocycles. The first kappa shape index (κ1) is 16.3. The molecule has 0 aromatic heterocycles. The lowest BCUT2D eigenvalue weighted by Gasteiger charge is -2.08. The number of rotatable bonds is 6. The third-order valence-corrected chi connectivity index (χ3v) is 2.98. The molecule has 5 nitrogen and oxygen atoms in total. The second-order valence-corrected chi connectivity index (χ2v) is 4.75. The second-order valence-electron chi connectivity index (χ2n) is 4.75. The second kappa shape index (κ2) is 8.38. The molecule has 0 saturated carbocycles. The lowest BCUT2D eigenvalue weighted by molar-refractivity contribution is -0.136. The summed E-state index contributed by atoms with van der Waals surface area (Å²) in [5.74, 6) is -0.724. The van der Waals surface area contributed by atoms with Crippen LogP contribution in [0.1, 0.15) is 5.56 Å². The van der Waals surface area contributed by atoms with Crippen molar-refractivity contribution in [3.8, 4) is 5.75 Å². The van der Waals surface area contributed by atoms with E-state index in [0.29, 0.717) is 24.6 Å². The van der Waals surface area contributed by atoms with E-state index in [-0.39, 0.29) is 0 Å². The molecule has 2 aromatic rings. The maximum Gasteiger partial charge on any atom is 0.313 e. The van der Waals surface area contributed by atoms with Gasteiger partial charge in [0.25, 0.3) is 0 Å². The molecule has 118 valence electrons. The monoisotopic (exact) mass is 310 g/mol. The van der Waals surface area contributed by atoms with Crippen molar-refractivity contribution in [2.24, 2.45) is 0 Å². The van der Waals surface area contributed by atoms with E-state index in [4.69, 9.17) is 4.74 Å². The number of carbonyl (C=O) groups excluding carboxylic acids is 2. The van der Waals surface area contributed by atoms with Crippen molar-refractivity contribution < 1.29 is 14.3 Å². The van der Waals surface area contributed by atoms with Crippen LogP contribution in [0.25, 0.3) is 0 Å². The van der Waals surface area contributed by atoms with Crippen molar-refractivity contribution in [1.29, 1.82) is 0 Å². The molecule has 0 aliphatic carbocycles. The number of amides is 2. The smallest absolute Gasteiger partial charge is 0.313 e. The highest BCUT2D eigenvalue weighted by molar-refractivity contribution is 6.39. The summed E-state index contributed by atoms with van der Waals surface area (Å²) in [4.78, 5) is 23.6. The largest absolute Gasteiger partial charge is 0.490 e. The summed E-state index contributed by atoms with van der Waals surface area (Å²) >= 11 is 0. The molecule has 2 amide bonds. The SMILES string of the molecule is C=CCOc1ccc(NC(=O)C(=O)NCc2ccccc2)cc1. The summed E-state index contributed by atoms with van der Waals surface area (Å²) in [5, 5.41) is 5.11. The minimum Gasteiger partial charge on any atom is -0.490 e. The fourth-order valence-corrected chi connectivity index (χ4v) is 1.84. The highest BCUT2D eigenvalue weighted by Crippen LogP contribution is 2.15. The third-order valence-electron chi connectivity index (χ3n) is 2.98. The molecule has 0 radical (unpaired) electrons. The standard InChI is InChI=1S/C18H18N2O3/c1-2-12-23-16-10-8-15(9-11-16)20-18(22)17(21)19-13-14-6-4-3-5-7-14/h2-11H,1,12-13H2,(H,19,21)(H,20,22). The minimum atomic E-state index is -0.708. The van der Waals surface area contributed by atoms with Gasteiger partial charge in [-0.3, -0.25) is 9.59 Å². The molecule has 2 rings (SSSR count). The molecular weight excluding hydrogens is 292 g/mol. The van der Waals surface area contributed by atoms with E-state index in [1.165, 1.54) is 0 Å². The van der Waals surface area contributed by atoms with Crippen LogP contribution < -0.4 is 15.4 Å². The van der Waals surface area contributed by atoms with Gasteiger partial charge < -0.3 is 15.4 Å². The Morgan fingerprint density at radius 2 is 1.70 bits per heavy atom. The molecule has 5 heteroatoms. The van der Waals surface area contributed by atoms with Crippen molar-refractivity contribution in [2.75, 3.05) is 11.9 Å². The van der Waals surface area contributed by atoms with Gasteiger partial charge in [-0.15, -0.1) is 0 Å². The molecule has 0 heterocycles. The van der Waals surface area contributed by atoms with Crippen LogP contribution in [0.4, 0.5) is 5.69 Å². The van der Waals surface area contributed by atoms with Gasteiger partial charge in [0.05, 0.1) is 0 Å². The number of nitrogens with one attached hydrogen (secondary N) is 2. The van der Waals surface area contributed by atoms with Crippen LogP contribution in [-0.2, 0) is 16.1 Å². The molecule has 0 aliphatic heterocycles. The molecular formula is C18H18N2O3. The Kier molecular flexibility index (Phi) is 5.94. The van der Waals surface area contributed by atoms with Gasteiger partial charge in [0.2, 0.25) is 0 Å². The molecule has 0 unspecified atom stereocenters. The van der Waals surface area contributed by atoms with Gasteiger partial charge in [-0.2, -0.15) is 0 Å². The van der Waals surface area contributed by atoms with Crippen LogP contribution in [0.15, 0.2) is 67.3 Å². The van der Waals surface area contributed by atoms with E-state index in [0.717, 1.165) is 5.56 Å². The zero-order chi connectivity index (χ0) is 16.5. The lowest BCUT2D eigenvalue weighted by atomic mass is 10.2. The highest BCUT2D eigenvalue weighted by atomic mass is 16.5. The first-order chi connectivity index (χ1) is 11.2. The van der Waals surface area contributed by atoms with E-state index in [2.05, 4.69) is 17.2 Å². The van der Waals surface area contributed by atoms with E-state index < -0.39 is 11.8 Å². The molecule has 0 atom stereocenters. The Hall–Kier alpha value is -3.08. The molecule has 0 aliphatic rings. The summed E-state index contributed by atoms with van der Waals surface area (Å²) < 4.78 is 5.34. The minimum absolute atomic E-state index is 0.307. The van der Waals surface area contributed by atoms with Gasteiger partial charge in [0.15, 0.2) is 0 Å².